The molecule has 110 valence electrons. The lowest BCUT2D eigenvalue weighted by atomic mass is 10.2. The second-order valence-corrected chi connectivity index (χ2v) is 4.96. The quantitative estimate of drug-likeness (QED) is 0.542. The van der Waals surface area contributed by atoms with Gasteiger partial charge in [0.05, 0.1) is 11.4 Å². The van der Waals surface area contributed by atoms with Crippen molar-refractivity contribution < 1.29 is 0 Å². The van der Waals surface area contributed by atoms with Gasteiger partial charge in [0, 0.05) is 35.9 Å². The van der Waals surface area contributed by atoms with E-state index in [1.807, 2.05) is 48.8 Å². The smallest absolute Gasteiger partial charge is 0.0891 e. The number of nitrogens with zero attached hydrogens (tertiary/aromatic N) is 6. The molecule has 4 aromatic heterocycles. The van der Waals surface area contributed by atoms with E-state index in [1.54, 1.807) is 41.5 Å². The van der Waals surface area contributed by atoms with E-state index in [9.17, 15) is 0 Å². The van der Waals surface area contributed by atoms with Crippen molar-refractivity contribution in [1.82, 2.24) is 29.4 Å². The molecule has 0 aliphatic rings. The summed E-state index contributed by atoms with van der Waals surface area (Å²) in [5.74, 6) is 0. The molecule has 2 radical (unpaired) electrons. The number of hydrogen-bond donors (Lipinski definition) is 0. The molecular formula is C16H12BN6-. The van der Waals surface area contributed by atoms with Crippen LogP contribution in [0.15, 0.2) is 73.6 Å². The van der Waals surface area contributed by atoms with Crippen molar-refractivity contribution in [3.8, 4) is 22.5 Å². The molecule has 0 amide bonds. The lowest BCUT2D eigenvalue weighted by Gasteiger charge is -2.17. The second-order valence-electron chi connectivity index (χ2n) is 4.96. The molecule has 0 bridgehead atoms. The Morgan fingerprint density at radius 2 is 1.22 bits per heavy atom. The molecular weight excluding hydrogens is 287 g/mol. The summed E-state index contributed by atoms with van der Waals surface area (Å²) >= 11 is 0. The van der Waals surface area contributed by atoms with Gasteiger partial charge in [0.25, 0.3) is 0 Å². The van der Waals surface area contributed by atoms with Crippen LogP contribution in [0, 0.1) is 0 Å². The number of aromatic nitrogens is 6. The molecule has 0 unspecified atom stereocenters. The molecule has 0 saturated heterocycles. The van der Waals surface area contributed by atoms with E-state index in [0.29, 0.717) is 0 Å². The number of hydrogen-bond acceptors (Lipinski definition) is 4. The maximum atomic E-state index is 4.51. The first kappa shape index (κ1) is 13.4. The zero-order chi connectivity index (χ0) is 15.5. The highest BCUT2D eigenvalue weighted by atomic mass is 15.3. The van der Waals surface area contributed by atoms with Crippen LogP contribution in [0.2, 0.25) is 0 Å². The zero-order valence-electron chi connectivity index (χ0n) is 12.2. The average Bonchev–Trinajstić information content (AvgIpc) is 3.27. The van der Waals surface area contributed by atoms with E-state index >= 15 is 0 Å². The minimum atomic E-state index is 0.869. The lowest BCUT2D eigenvalue weighted by molar-refractivity contribution is 0.888. The summed E-state index contributed by atoms with van der Waals surface area (Å²) in [5.41, 5.74) is 3.70. The van der Waals surface area contributed by atoms with Crippen molar-refractivity contribution in [3.63, 3.8) is 0 Å². The molecule has 0 atom stereocenters. The number of pyridine rings is 2. The van der Waals surface area contributed by atoms with Crippen LogP contribution in [-0.4, -0.2) is 36.9 Å². The molecule has 0 aromatic carbocycles. The first-order chi connectivity index (χ1) is 11.4. The molecule has 0 aliphatic carbocycles. The van der Waals surface area contributed by atoms with Crippen molar-refractivity contribution in [2.45, 2.75) is 0 Å². The van der Waals surface area contributed by atoms with Gasteiger partial charge in [-0.15, -0.1) is 0 Å². The van der Waals surface area contributed by atoms with E-state index < -0.39 is 0 Å². The van der Waals surface area contributed by atoms with Gasteiger partial charge in [0.2, 0.25) is 0 Å². The Kier molecular flexibility index (Phi) is 3.44. The van der Waals surface area contributed by atoms with E-state index in [2.05, 4.69) is 20.2 Å². The van der Waals surface area contributed by atoms with Crippen LogP contribution in [0.3, 0.4) is 0 Å². The van der Waals surface area contributed by atoms with Gasteiger partial charge < -0.3 is 9.19 Å². The summed E-state index contributed by atoms with van der Waals surface area (Å²) in [6, 6.07) is 11.6. The molecule has 6 nitrogen and oxygen atoms in total. The fourth-order valence-electron chi connectivity index (χ4n) is 2.26. The lowest BCUT2D eigenvalue weighted by Crippen LogP contribution is -2.17. The highest BCUT2D eigenvalue weighted by Crippen LogP contribution is 2.15. The van der Waals surface area contributed by atoms with E-state index in [-0.39, 0.29) is 0 Å². The van der Waals surface area contributed by atoms with Gasteiger partial charge in [-0.2, -0.15) is 0 Å². The van der Waals surface area contributed by atoms with Crippen molar-refractivity contribution in [3.05, 3.63) is 73.6 Å². The van der Waals surface area contributed by atoms with Gasteiger partial charge in [0.15, 0.2) is 0 Å². The Labute approximate surface area is 133 Å². The van der Waals surface area contributed by atoms with Crippen molar-refractivity contribution in [2.75, 3.05) is 0 Å². The molecule has 7 heteroatoms. The third kappa shape index (κ3) is 2.89. The fourth-order valence-corrected chi connectivity index (χ4v) is 2.26. The zero-order valence-corrected chi connectivity index (χ0v) is 12.2. The van der Waals surface area contributed by atoms with Crippen molar-refractivity contribution in [1.29, 1.82) is 0 Å². The first-order valence-electron chi connectivity index (χ1n) is 7.14. The second kappa shape index (κ2) is 5.88. The standard InChI is InChI=1S/C16H12BN6/c1-3-13(11-18-7-1)15-5-9-22(20-15)17-23-10-6-16(21-23)14-4-2-8-19-12-14/h1-12H/q-1. The Bertz CT molecular complexity index is 825. The largest absolute Gasteiger partial charge is 0.488 e. The van der Waals surface area contributed by atoms with Crippen LogP contribution in [-0.2, 0) is 0 Å². The van der Waals surface area contributed by atoms with Crippen LogP contribution in [0.25, 0.3) is 22.5 Å². The Morgan fingerprint density at radius 3 is 1.65 bits per heavy atom. The molecule has 0 N–H and O–H groups in total. The van der Waals surface area contributed by atoms with Gasteiger partial charge >= 0.3 is 0 Å². The van der Waals surface area contributed by atoms with Crippen molar-refractivity contribution >= 4 is 7.55 Å². The minimum absolute atomic E-state index is 0.869. The van der Waals surface area contributed by atoms with E-state index in [0.717, 1.165) is 22.5 Å². The topological polar surface area (TPSA) is 61.4 Å². The molecule has 0 fully saturated rings. The first-order valence-corrected chi connectivity index (χ1v) is 7.14. The van der Waals surface area contributed by atoms with E-state index in [1.165, 1.54) is 0 Å². The fraction of sp³-hybridized carbons (Fsp3) is 0. The van der Waals surface area contributed by atoms with Gasteiger partial charge in [0.1, 0.15) is 0 Å². The Hall–Kier alpha value is -3.22. The predicted molar refractivity (Wildman–Crippen MR) is 87.5 cm³/mol. The predicted octanol–water partition coefficient (Wildman–Crippen LogP) is 2.13. The van der Waals surface area contributed by atoms with Crippen LogP contribution in [0.5, 0.6) is 0 Å². The maximum absolute atomic E-state index is 4.51. The maximum Gasteiger partial charge on any atom is 0.0891 e. The third-order valence-electron chi connectivity index (χ3n) is 3.37. The van der Waals surface area contributed by atoms with Gasteiger partial charge in [-0.3, -0.25) is 9.97 Å². The van der Waals surface area contributed by atoms with Gasteiger partial charge in [-0.05, 0) is 56.3 Å². The molecule has 0 aliphatic heterocycles. The van der Waals surface area contributed by atoms with Crippen LogP contribution in [0.1, 0.15) is 0 Å². The van der Waals surface area contributed by atoms with Crippen LogP contribution < -0.4 is 0 Å². The van der Waals surface area contributed by atoms with Crippen LogP contribution in [0.4, 0.5) is 0 Å². The third-order valence-corrected chi connectivity index (χ3v) is 3.37. The highest BCUT2D eigenvalue weighted by Gasteiger charge is 2.00. The summed E-state index contributed by atoms with van der Waals surface area (Å²) < 4.78 is 3.45. The average molecular weight is 299 g/mol. The Balaban J connectivity index is 1.53. The normalized spacial score (nSPS) is 10.8. The summed E-state index contributed by atoms with van der Waals surface area (Å²) in [6.45, 7) is 0. The van der Waals surface area contributed by atoms with Crippen LogP contribution >= 0.6 is 0 Å². The van der Waals surface area contributed by atoms with Crippen molar-refractivity contribution in [2.24, 2.45) is 0 Å². The minimum Gasteiger partial charge on any atom is -0.488 e. The monoisotopic (exact) mass is 299 g/mol. The molecule has 23 heavy (non-hydrogen) atoms. The summed E-state index contributed by atoms with van der Waals surface area (Å²) in [6.07, 6.45) is 10.8. The molecule has 4 aromatic rings. The summed E-state index contributed by atoms with van der Waals surface area (Å²) in [4.78, 5) is 8.22. The van der Waals surface area contributed by atoms with Gasteiger partial charge in [-0.1, -0.05) is 0 Å². The van der Waals surface area contributed by atoms with E-state index in [4.69, 9.17) is 0 Å². The summed E-state index contributed by atoms with van der Waals surface area (Å²) in [5, 5.41) is 9.01. The number of rotatable bonds is 4. The SMILES string of the molecule is [B-](n1ccc(-c2cccnc2)n1)n1ccc(-c2cccnc2)n1. The molecule has 0 spiro atoms. The highest BCUT2D eigenvalue weighted by molar-refractivity contribution is 6.30. The summed E-state index contributed by atoms with van der Waals surface area (Å²) in [7, 11) is 1.81. The van der Waals surface area contributed by atoms with Gasteiger partial charge in [-0.25, -0.2) is 10.2 Å². The Morgan fingerprint density at radius 1 is 0.696 bits per heavy atom. The molecule has 0 saturated carbocycles. The molecule has 4 heterocycles. The molecule has 4 rings (SSSR count).